The summed E-state index contributed by atoms with van der Waals surface area (Å²) in [7, 11) is 1.70. The van der Waals surface area contributed by atoms with Crippen LogP contribution in [-0.2, 0) is 13.0 Å². The largest absolute Gasteiger partial charge is 0.444 e. The molecule has 3 rings (SSSR count). The Bertz CT molecular complexity index is 903. The van der Waals surface area contributed by atoms with Gasteiger partial charge in [0.2, 0.25) is 17.6 Å². The normalized spacial score (nSPS) is 11.2. The monoisotopic (exact) mass is 516 g/mol. The van der Waals surface area contributed by atoms with E-state index in [4.69, 9.17) is 20.5 Å². The van der Waals surface area contributed by atoms with Gasteiger partial charge >= 0.3 is 0 Å². The molecule has 0 unspecified atom stereocenters. The molecule has 0 radical (unpaired) electrons. The van der Waals surface area contributed by atoms with Crippen molar-refractivity contribution in [2.75, 3.05) is 13.6 Å². The number of halogens is 2. The highest BCUT2D eigenvalue weighted by Crippen LogP contribution is 2.18. The van der Waals surface area contributed by atoms with Gasteiger partial charge in [0.25, 0.3) is 0 Å². The lowest BCUT2D eigenvalue weighted by atomic mass is 10.2. The summed E-state index contributed by atoms with van der Waals surface area (Å²) < 4.78 is 10.8. The van der Waals surface area contributed by atoms with Gasteiger partial charge in [-0.05, 0) is 38.1 Å². The second-order valence-electron chi connectivity index (χ2n) is 5.87. The first-order valence-corrected chi connectivity index (χ1v) is 8.89. The van der Waals surface area contributed by atoms with Crippen molar-refractivity contribution >= 4 is 41.5 Å². The molecule has 0 saturated heterocycles. The standard InChI is InChI=1S/C18H21ClN6O2.HI/c1-11-12(2)26-16(23-11)10-22-18(20-3)21-9-8-15-24-17(25-27-15)13-4-6-14(19)7-5-13;/h4-7H,8-10H2,1-3H3,(H2,20,21,22);1H. The molecule has 10 heteroatoms. The molecule has 0 aliphatic heterocycles. The van der Waals surface area contributed by atoms with Crippen molar-refractivity contribution in [3.8, 4) is 11.4 Å². The molecular formula is C18H22ClIN6O2. The number of aliphatic imine (C=N–C) groups is 1. The highest BCUT2D eigenvalue weighted by Gasteiger charge is 2.09. The van der Waals surface area contributed by atoms with E-state index in [1.54, 1.807) is 19.2 Å². The quantitative estimate of drug-likeness (QED) is 0.294. The van der Waals surface area contributed by atoms with Gasteiger partial charge in [0.05, 0.1) is 12.2 Å². The zero-order valence-electron chi connectivity index (χ0n) is 15.8. The van der Waals surface area contributed by atoms with Crippen molar-refractivity contribution in [3.63, 3.8) is 0 Å². The number of aromatic nitrogens is 3. The number of oxazole rings is 1. The third kappa shape index (κ3) is 5.93. The van der Waals surface area contributed by atoms with Crippen LogP contribution in [0, 0.1) is 13.8 Å². The van der Waals surface area contributed by atoms with Crippen molar-refractivity contribution in [1.29, 1.82) is 0 Å². The SMILES string of the molecule is CN=C(NCCc1nc(-c2ccc(Cl)cc2)no1)NCc1nc(C)c(C)o1.I. The molecule has 0 fully saturated rings. The van der Waals surface area contributed by atoms with Gasteiger partial charge < -0.3 is 19.6 Å². The van der Waals surface area contributed by atoms with E-state index in [9.17, 15) is 0 Å². The second kappa shape index (κ2) is 10.4. The molecule has 2 N–H and O–H groups in total. The van der Waals surface area contributed by atoms with Gasteiger partial charge in [-0.15, -0.1) is 24.0 Å². The molecule has 28 heavy (non-hydrogen) atoms. The lowest BCUT2D eigenvalue weighted by Crippen LogP contribution is -2.38. The number of guanidine groups is 1. The first kappa shape index (κ1) is 22.2. The molecule has 0 atom stereocenters. The minimum atomic E-state index is 0. The van der Waals surface area contributed by atoms with Crippen LogP contribution in [0.1, 0.15) is 23.2 Å². The molecule has 0 aliphatic rings. The summed E-state index contributed by atoms with van der Waals surface area (Å²) in [5.41, 5.74) is 1.75. The highest BCUT2D eigenvalue weighted by molar-refractivity contribution is 14.0. The minimum absolute atomic E-state index is 0. The maximum Gasteiger partial charge on any atom is 0.228 e. The number of rotatable bonds is 6. The average molecular weight is 517 g/mol. The summed E-state index contributed by atoms with van der Waals surface area (Å²) in [5, 5.41) is 11.0. The molecule has 3 aromatic rings. The molecule has 0 aliphatic carbocycles. The predicted molar refractivity (Wildman–Crippen MR) is 118 cm³/mol. The highest BCUT2D eigenvalue weighted by atomic mass is 127. The summed E-state index contributed by atoms with van der Waals surface area (Å²) in [4.78, 5) is 12.9. The summed E-state index contributed by atoms with van der Waals surface area (Å²) in [6, 6.07) is 7.29. The van der Waals surface area contributed by atoms with E-state index in [0.29, 0.717) is 48.1 Å². The number of nitrogens with zero attached hydrogens (tertiary/aromatic N) is 4. The van der Waals surface area contributed by atoms with Crippen LogP contribution < -0.4 is 10.6 Å². The Kier molecular flexibility index (Phi) is 8.24. The Morgan fingerprint density at radius 2 is 1.86 bits per heavy atom. The summed E-state index contributed by atoms with van der Waals surface area (Å²) in [6.07, 6.45) is 0.568. The fourth-order valence-electron chi connectivity index (χ4n) is 2.36. The van der Waals surface area contributed by atoms with E-state index in [-0.39, 0.29) is 24.0 Å². The summed E-state index contributed by atoms with van der Waals surface area (Å²) >= 11 is 5.89. The van der Waals surface area contributed by atoms with Gasteiger partial charge in [-0.2, -0.15) is 4.98 Å². The van der Waals surface area contributed by atoms with Crippen LogP contribution in [0.3, 0.4) is 0 Å². The van der Waals surface area contributed by atoms with E-state index in [0.717, 1.165) is 17.0 Å². The third-order valence-corrected chi connectivity index (χ3v) is 4.16. The first-order valence-electron chi connectivity index (χ1n) is 8.51. The topological polar surface area (TPSA) is 101 Å². The second-order valence-corrected chi connectivity index (χ2v) is 6.31. The van der Waals surface area contributed by atoms with Gasteiger partial charge in [0.15, 0.2) is 5.96 Å². The molecule has 2 heterocycles. The Labute approximate surface area is 185 Å². The Balaban J connectivity index is 0.00000280. The zero-order valence-corrected chi connectivity index (χ0v) is 18.9. The predicted octanol–water partition coefficient (Wildman–Crippen LogP) is 3.52. The molecule has 0 bridgehead atoms. The maximum absolute atomic E-state index is 5.89. The summed E-state index contributed by atoms with van der Waals surface area (Å²) in [5.74, 6) is 3.17. The third-order valence-electron chi connectivity index (χ3n) is 3.91. The van der Waals surface area contributed by atoms with Crippen molar-refractivity contribution < 1.29 is 8.94 Å². The van der Waals surface area contributed by atoms with Crippen molar-refractivity contribution in [2.24, 2.45) is 4.99 Å². The smallest absolute Gasteiger partial charge is 0.228 e. The van der Waals surface area contributed by atoms with Crippen LogP contribution in [-0.4, -0.2) is 34.7 Å². The van der Waals surface area contributed by atoms with Crippen molar-refractivity contribution in [2.45, 2.75) is 26.8 Å². The van der Waals surface area contributed by atoms with Gasteiger partial charge in [-0.3, -0.25) is 4.99 Å². The number of aryl methyl sites for hydroxylation is 2. The lowest BCUT2D eigenvalue weighted by Gasteiger charge is -2.09. The lowest BCUT2D eigenvalue weighted by molar-refractivity contribution is 0.378. The van der Waals surface area contributed by atoms with Gasteiger partial charge in [-0.25, -0.2) is 4.98 Å². The fourth-order valence-corrected chi connectivity index (χ4v) is 2.48. The Morgan fingerprint density at radius 3 is 2.50 bits per heavy atom. The Hall–Kier alpha value is -2.14. The Morgan fingerprint density at radius 1 is 1.11 bits per heavy atom. The molecule has 1 aromatic carbocycles. The van der Waals surface area contributed by atoms with Gasteiger partial charge in [0, 0.05) is 30.6 Å². The molecule has 2 aromatic heterocycles. The maximum atomic E-state index is 5.89. The van der Waals surface area contributed by atoms with E-state index in [1.165, 1.54) is 0 Å². The number of hydrogen-bond acceptors (Lipinski definition) is 6. The number of nitrogens with one attached hydrogen (secondary N) is 2. The average Bonchev–Trinajstić information content (AvgIpc) is 3.25. The molecule has 0 saturated carbocycles. The first-order chi connectivity index (χ1) is 13.0. The zero-order chi connectivity index (χ0) is 19.2. The van der Waals surface area contributed by atoms with Crippen LogP contribution in [0.4, 0.5) is 0 Å². The van der Waals surface area contributed by atoms with E-state index < -0.39 is 0 Å². The van der Waals surface area contributed by atoms with Crippen LogP contribution in [0.5, 0.6) is 0 Å². The fraction of sp³-hybridized carbons (Fsp3) is 0.333. The van der Waals surface area contributed by atoms with Gasteiger partial charge in [0.1, 0.15) is 5.76 Å². The molecular weight excluding hydrogens is 495 g/mol. The van der Waals surface area contributed by atoms with E-state index in [2.05, 4.69) is 30.8 Å². The molecule has 8 nitrogen and oxygen atoms in total. The van der Waals surface area contributed by atoms with Gasteiger partial charge in [-0.1, -0.05) is 16.8 Å². The molecule has 150 valence electrons. The molecule has 0 spiro atoms. The van der Waals surface area contributed by atoms with Crippen molar-refractivity contribution in [1.82, 2.24) is 25.8 Å². The minimum Gasteiger partial charge on any atom is -0.444 e. The number of hydrogen-bond donors (Lipinski definition) is 2. The van der Waals surface area contributed by atoms with Crippen LogP contribution >= 0.6 is 35.6 Å². The van der Waals surface area contributed by atoms with E-state index in [1.807, 2.05) is 26.0 Å². The van der Waals surface area contributed by atoms with Crippen LogP contribution in [0.2, 0.25) is 5.02 Å². The molecule has 0 amide bonds. The van der Waals surface area contributed by atoms with Crippen molar-refractivity contribution in [3.05, 3.63) is 52.5 Å². The van der Waals surface area contributed by atoms with Crippen LogP contribution in [0.25, 0.3) is 11.4 Å². The van der Waals surface area contributed by atoms with E-state index >= 15 is 0 Å². The number of benzene rings is 1. The van der Waals surface area contributed by atoms with Crippen LogP contribution in [0.15, 0.2) is 38.2 Å². The summed E-state index contributed by atoms with van der Waals surface area (Å²) in [6.45, 7) is 4.85.